The summed E-state index contributed by atoms with van der Waals surface area (Å²) >= 11 is 0. The second kappa shape index (κ2) is 9.32. The second-order valence-electron chi connectivity index (χ2n) is 6.71. The van der Waals surface area contributed by atoms with Crippen LogP contribution in [0.15, 0.2) is 78.0 Å². The van der Waals surface area contributed by atoms with E-state index >= 15 is 0 Å². The Morgan fingerprint density at radius 1 is 0.967 bits per heavy atom. The maximum Gasteiger partial charge on any atom is 0.319 e. The minimum atomic E-state index is -3.59. The van der Waals surface area contributed by atoms with Gasteiger partial charge in [0.05, 0.1) is 10.6 Å². The Morgan fingerprint density at radius 3 is 2.37 bits per heavy atom. The number of anilines is 1. The first-order chi connectivity index (χ1) is 14.3. The fourth-order valence-electron chi connectivity index (χ4n) is 2.79. The number of sulfone groups is 1. The summed E-state index contributed by atoms with van der Waals surface area (Å²) in [6, 6.07) is 15.7. The van der Waals surface area contributed by atoms with E-state index in [2.05, 4.69) is 15.6 Å². The number of pyridine rings is 1. The van der Waals surface area contributed by atoms with Crippen molar-refractivity contribution in [1.29, 1.82) is 0 Å². The van der Waals surface area contributed by atoms with Crippen LogP contribution in [-0.2, 0) is 22.1 Å². The molecule has 3 aromatic rings. The molecule has 0 fully saturated rings. The van der Waals surface area contributed by atoms with Crippen molar-refractivity contribution in [3.05, 3.63) is 89.7 Å². The van der Waals surface area contributed by atoms with Gasteiger partial charge >= 0.3 is 6.03 Å². The molecule has 0 aliphatic heterocycles. The summed E-state index contributed by atoms with van der Waals surface area (Å²) in [4.78, 5) is 27.6. The van der Waals surface area contributed by atoms with Gasteiger partial charge < -0.3 is 10.6 Å². The van der Waals surface area contributed by atoms with Gasteiger partial charge in [-0.15, -0.1) is 0 Å². The molecule has 7 nitrogen and oxygen atoms in total. The maximum absolute atomic E-state index is 12.7. The zero-order valence-electron chi connectivity index (χ0n) is 16.3. The number of hydrogen-bond donors (Lipinski definition) is 2. The van der Waals surface area contributed by atoms with E-state index in [-0.39, 0.29) is 16.4 Å². The van der Waals surface area contributed by atoms with Gasteiger partial charge in [0.2, 0.25) is 0 Å². The highest BCUT2D eigenvalue weighted by molar-refractivity contribution is 7.90. The van der Waals surface area contributed by atoms with Crippen molar-refractivity contribution in [2.75, 3.05) is 5.32 Å². The van der Waals surface area contributed by atoms with Crippen molar-refractivity contribution in [1.82, 2.24) is 10.3 Å². The first-order valence-corrected chi connectivity index (χ1v) is 10.9. The molecule has 0 bridgehead atoms. The smallest absolute Gasteiger partial charge is 0.319 e. The predicted molar refractivity (Wildman–Crippen MR) is 114 cm³/mol. The summed E-state index contributed by atoms with van der Waals surface area (Å²) in [5, 5.41) is 5.36. The molecule has 1 aromatic heterocycles. The second-order valence-corrected chi connectivity index (χ2v) is 8.70. The first kappa shape index (κ1) is 21.2. The molecule has 0 unspecified atom stereocenters. The van der Waals surface area contributed by atoms with Gasteiger partial charge in [0.25, 0.3) is 0 Å². The van der Waals surface area contributed by atoms with Crippen molar-refractivity contribution in [2.24, 2.45) is 0 Å². The molecule has 0 spiro atoms. The summed E-state index contributed by atoms with van der Waals surface area (Å²) in [6.07, 6.45) is 3.31. The van der Waals surface area contributed by atoms with Crippen LogP contribution in [0.5, 0.6) is 0 Å². The van der Waals surface area contributed by atoms with Crippen LogP contribution in [0.2, 0.25) is 0 Å². The molecule has 0 aliphatic rings. The van der Waals surface area contributed by atoms with Crippen LogP contribution in [0.3, 0.4) is 0 Å². The Balaban J connectivity index is 1.62. The zero-order valence-corrected chi connectivity index (χ0v) is 17.1. The summed E-state index contributed by atoms with van der Waals surface area (Å²) in [5.41, 5.74) is 2.35. The van der Waals surface area contributed by atoms with Crippen molar-refractivity contribution in [3.63, 3.8) is 0 Å². The number of rotatable bonds is 7. The number of Topliss-reactive ketones (excluding diaryl/α,β-unsaturated/α-hetero) is 1. The van der Waals surface area contributed by atoms with Gasteiger partial charge in [-0.2, -0.15) is 0 Å². The van der Waals surface area contributed by atoms with E-state index in [9.17, 15) is 18.0 Å². The Morgan fingerprint density at radius 2 is 1.70 bits per heavy atom. The quantitative estimate of drug-likeness (QED) is 0.565. The highest BCUT2D eigenvalue weighted by Crippen LogP contribution is 2.20. The van der Waals surface area contributed by atoms with E-state index in [4.69, 9.17) is 0 Å². The van der Waals surface area contributed by atoms with Crippen LogP contribution >= 0.6 is 0 Å². The van der Waals surface area contributed by atoms with Gasteiger partial charge in [-0.1, -0.05) is 24.3 Å². The van der Waals surface area contributed by atoms with Crippen LogP contribution in [0, 0.1) is 0 Å². The number of ketones is 1. The Kier molecular flexibility index (Phi) is 6.58. The molecular weight excluding hydrogens is 402 g/mol. The average Bonchev–Trinajstić information content (AvgIpc) is 2.73. The van der Waals surface area contributed by atoms with E-state index in [1.807, 2.05) is 6.07 Å². The van der Waals surface area contributed by atoms with Gasteiger partial charge in [0, 0.05) is 30.2 Å². The summed E-state index contributed by atoms with van der Waals surface area (Å²) in [7, 11) is -3.59. The van der Waals surface area contributed by atoms with E-state index in [0.29, 0.717) is 23.4 Å². The van der Waals surface area contributed by atoms with Gasteiger partial charge in [0.15, 0.2) is 15.6 Å². The molecular formula is C22H21N3O4S. The molecule has 0 radical (unpaired) electrons. The Labute approximate surface area is 175 Å². The molecule has 8 heteroatoms. The highest BCUT2D eigenvalue weighted by atomic mass is 32.2. The normalized spacial score (nSPS) is 11.0. The van der Waals surface area contributed by atoms with Crippen LogP contribution < -0.4 is 10.6 Å². The van der Waals surface area contributed by atoms with E-state index in [1.165, 1.54) is 31.2 Å². The molecule has 154 valence electrons. The van der Waals surface area contributed by atoms with Gasteiger partial charge in [-0.05, 0) is 54.4 Å². The SMILES string of the molecule is CC(=O)c1cccc(CS(=O)(=O)c2ccc(NC(=O)NCc3cccnc3)cc2)c1. The van der Waals surface area contributed by atoms with Crippen molar-refractivity contribution in [3.8, 4) is 0 Å². The molecule has 0 saturated carbocycles. The molecule has 0 aliphatic carbocycles. The van der Waals surface area contributed by atoms with Crippen LogP contribution in [-0.4, -0.2) is 25.2 Å². The highest BCUT2D eigenvalue weighted by Gasteiger charge is 2.16. The number of aromatic nitrogens is 1. The van der Waals surface area contributed by atoms with Gasteiger partial charge in [-0.25, -0.2) is 13.2 Å². The lowest BCUT2D eigenvalue weighted by Gasteiger charge is -2.09. The number of carbonyl (C=O) groups excluding carboxylic acids is 2. The minimum Gasteiger partial charge on any atom is -0.334 e. The largest absolute Gasteiger partial charge is 0.334 e. The number of nitrogens with one attached hydrogen (secondary N) is 2. The van der Waals surface area contributed by atoms with E-state index in [0.717, 1.165) is 5.56 Å². The van der Waals surface area contributed by atoms with Crippen molar-refractivity contribution < 1.29 is 18.0 Å². The number of carbonyl (C=O) groups is 2. The Hall–Kier alpha value is -3.52. The van der Waals surface area contributed by atoms with Gasteiger partial charge in [0.1, 0.15) is 0 Å². The third kappa shape index (κ3) is 5.74. The fraction of sp³-hybridized carbons (Fsp3) is 0.136. The van der Waals surface area contributed by atoms with E-state index < -0.39 is 15.9 Å². The number of amides is 2. The molecule has 3 rings (SSSR count). The first-order valence-electron chi connectivity index (χ1n) is 9.20. The van der Waals surface area contributed by atoms with Crippen LogP contribution in [0.1, 0.15) is 28.4 Å². The minimum absolute atomic E-state index is 0.119. The lowest BCUT2D eigenvalue weighted by molar-refractivity contribution is 0.101. The number of urea groups is 1. The number of nitrogens with zero attached hydrogens (tertiary/aromatic N) is 1. The average molecular weight is 423 g/mol. The summed E-state index contributed by atoms with van der Waals surface area (Å²) in [5.74, 6) is -0.335. The number of hydrogen-bond acceptors (Lipinski definition) is 5. The molecule has 0 saturated heterocycles. The molecule has 0 atom stereocenters. The van der Waals surface area contributed by atoms with Crippen LogP contribution in [0.25, 0.3) is 0 Å². The predicted octanol–water partition coefficient (Wildman–Crippen LogP) is 3.58. The van der Waals surface area contributed by atoms with Crippen molar-refractivity contribution in [2.45, 2.75) is 24.1 Å². The summed E-state index contributed by atoms with van der Waals surface area (Å²) < 4.78 is 25.4. The lowest BCUT2D eigenvalue weighted by atomic mass is 10.1. The third-order valence-electron chi connectivity index (χ3n) is 4.34. The van der Waals surface area contributed by atoms with Crippen LogP contribution in [0.4, 0.5) is 10.5 Å². The third-order valence-corrected chi connectivity index (χ3v) is 6.04. The molecule has 2 amide bonds. The standard InChI is InChI=1S/C22H21N3O4S/c1-16(26)19-6-2-4-17(12-19)15-30(28,29)21-9-7-20(8-10-21)25-22(27)24-14-18-5-3-11-23-13-18/h2-13H,14-15H2,1H3,(H2,24,25,27). The summed E-state index contributed by atoms with van der Waals surface area (Å²) in [6.45, 7) is 1.76. The lowest BCUT2D eigenvalue weighted by Crippen LogP contribution is -2.28. The number of benzene rings is 2. The monoisotopic (exact) mass is 423 g/mol. The molecule has 2 aromatic carbocycles. The van der Waals surface area contributed by atoms with Gasteiger partial charge in [-0.3, -0.25) is 9.78 Å². The topological polar surface area (TPSA) is 105 Å². The van der Waals surface area contributed by atoms with E-state index in [1.54, 1.807) is 42.7 Å². The molecule has 1 heterocycles. The zero-order chi connectivity index (χ0) is 21.6. The Bertz CT molecular complexity index is 1140. The maximum atomic E-state index is 12.7. The molecule has 30 heavy (non-hydrogen) atoms. The molecule has 2 N–H and O–H groups in total. The van der Waals surface area contributed by atoms with Crippen molar-refractivity contribution >= 4 is 27.3 Å². The fourth-order valence-corrected chi connectivity index (χ4v) is 4.12.